The Hall–Kier alpha value is -1.42. The van der Waals surface area contributed by atoms with E-state index in [1.54, 1.807) is 6.07 Å². The highest BCUT2D eigenvalue weighted by atomic mass is 35.5. The van der Waals surface area contributed by atoms with Gasteiger partial charge in [0.2, 0.25) is 0 Å². The van der Waals surface area contributed by atoms with Gasteiger partial charge in [-0.3, -0.25) is 0 Å². The van der Waals surface area contributed by atoms with Crippen LogP contribution in [0.15, 0.2) is 36.4 Å². The van der Waals surface area contributed by atoms with Gasteiger partial charge in [0.15, 0.2) is 11.5 Å². The van der Waals surface area contributed by atoms with E-state index in [-0.39, 0.29) is 11.0 Å². The van der Waals surface area contributed by atoms with Crippen LogP contribution in [0.1, 0.15) is 59.1 Å². The molecule has 0 atom stereocenters. The maximum Gasteiger partial charge on any atom is 0.166 e. The number of rotatable bonds is 9. The lowest BCUT2D eigenvalue weighted by Gasteiger charge is -2.33. The Morgan fingerprint density at radius 3 is 2.28 bits per heavy atom. The van der Waals surface area contributed by atoms with Crippen molar-refractivity contribution >= 4 is 23.2 Å². The smallest absolute Gasteiger partial charge is 0.166 e. The van der Waals surface area contributed by atoms with E-state index in [4.69, 9.17) is 32.7 Å². The Morgan fingerprint density at radius 1 is 0.931 bits per heavy atom. The van der Waals surface area contributed by atoms with E-state index >= 15 is 0 Å². The Balaban J connectivity index is 2.20. The van der Waals surface area contributed by atoms with Crippen LogP contribution in [0.4, 0.5) is 0 Å². The fraction of sp³-hybridized carbons (Fsp3) is 0.500. The van der Waals surface area contributed by atoms with Crippen LogP contribution < -0.4 is 14.8 Å². The van der Waals surface area contributed by atoms with Crippen LogP contribution in [0.2, 0.25) is 10.0 Å². The van der Waals surface area contributed by atoms with Gasteiger partial charge in [0, 0.05) is 33.3 Å². The minimum absolute atomic E-state index is 0.00335. The minimum Gasteiger partial charge on any atom is -0.490 e. The molecule has 1 N–H and O–H groups in total. The fourth-order valence-corrected chi connectivity index (χ4v) is 4.11. The van der Waals surface area contributed by atoms with E-state index in [0.29, 0.717) is 29.8 Å². The number of benzene rings is 2. The summed E-state index contributed by atoms with van der Waals surface area (Å²) in [6.07, 6.45) is 1.06. The third kappa shape index (κ3) is 7.73. The molecule has 0 radical (unpaired) electrons. The first-order chi connectivity index (χ1) is 13.5. The molecular weight excluding hydrogens is 405 g/mol. The molecule has 29 heavy (non-hydrogen) atoms. The van der Waals surface area contributed by atoms with Gasteiger partial charge in [0.05, 0.1) is 6.61 Å². The molecule has 0 saturated carbocycles. The molecule has 0 amide bonds. The Kier molecular flexibility index (Phi) is 8.28. The Morgan fingerprint density at radius 2 is 1.66 bits per heavy atom. The predicted molar refractivity (Wildman–Crippen MR) is 123 cm³/mol. The molecule has 0 unspecified atom stereocenters. The zero-order valence-electron chi connectivity index (χ0n) is 18.4. The summed E-state index contributed by atoms with van der Waals surface area (Å²) >= 11 is 12.3. The molecule has 0 aromatic heterocycles. The number of ether oxygens (including phenoxy) is 2. The molecule has 0 saturated heterocycles. The molecule has 2 aromatic carbocycles. The highest BCUT2D eigenvalue weighted by molar-refractivity contribution is 6.35. The van der Waals surface area contributed by atoms with Gasteiger partial charge in [-0.05, 0) is 50.8 Å². The highest BCUT2D eigenvalue weighted by Crippen LogP contribution is 2.34. The molecule has 2 aromatic rings. The van der Waals surface area contributed by atoms with Gasteiger partial charge < -0.3 is 14.8 Å². The lowest BCUT2D eigenvalue weighted by Crippen LogP contribution is -2.41. The summed E-state index contributed by atoms with van der Waals surface area (Å²) < 4.78 is 12.0. The van der Waals surface area contributed by atoms with Crippen molar-refractivity contribution in [1.82, 2.24) is 5.32 Å². The van der Waals surface area contributed by atoms with E-state index < -0.39 is 0 Å². The predicted octanol–water partition coefficient (Wildman–Crippen LogP) is 7.28. The monoisotopic (exact) mass is 437 g/mol. The van der Waals surface area contributed by atoms with Gasteiger partial charge in [-0.15, -0.1) is 0 Å². The molecular formula is C24H33Cl2NO2. The second-order valence-electron chi connectivity index (χ2n) is 9.18. The average molecular weight is 438 g/mol. The van der Waals surface area contributed by atoms with Gasteiger partial charge in [-0.25, -0.2) is 0 Å². The van der Waals surface area contributed by atoms with Crippen LogP contribution in [0.5, 0.6) is 11.5 Å². The third-order valence-corrected chi connectivity index (χ3v) is 5.06. The number of nitrogens with one attached hydrogen (secondary N) is 1. The first-order valence-electron chi connectivity index (χ1n) is 10.1. The van der Waals surface area contributed by atoms with E-state index in [9.17, 15) is 0 Å². The standard InChI is InChI=1S/C24H33Cl2NO2/c1-7-28-21-10-8-9-17(14-27-24(5,6)16-23(2,3)4)22(21)29-15-18-11-12-19(25)13-20(18)26/h8-13,27H,7,14-16H2,1-6H3. The first-order valence-corrected chi connectivity index (χ1v) is 10.8. The normalized spacial score (nSPS) is 12.1. The van der Waals surface area contributed by atoms with Crippen molar-refractivity contribution in [2.75, 3.05) is 6.61 Å². The highest BCUT2D eigenvalue weighted by Gasteiger charge is 2.25. The topological polar surface area (TPSA) is 30.5 Å². The molecule has 0 bridgehead atoms. The Labute approximate surface area is 185 Å². The molecule has 0 spiro atoms. The quantitative estimate of drug-likeness (QED) is 0.446. The number of hydrogen-bond acceptors (Lipinski definition) is 3. The average Bonchev–Trinajstić information content (AvgIpc) is 2.58. The fourth-order valence-electron chi connectivity index (χ4n) is 3.64. The van der Waals surface area contributed by atoms with E-state index in [0.717, 1.165) is 29.0 Å². The second kappa shape index (κ2) is 10.1. The van der Waals surface area contributed by atoms with Crippen molar-refractivity contribution in [3.05, 3.63) is 57.6 Å². The zero-order chi connectivity index (χ0) is 21.7. The van der Waals surface area contributed by atoms with Crippen LogP contribution in [0, 0.1) is 5.41 Å². The van der Waals surface area contributed by atoms with Crippen molar-refractivity contribution < 1.29 is 9.47 Å². The maximum atomic E-state index is 6.31. The molecule has 160 valence electrons. The zero-order valence-corrected chi connectivity index (χ0v) is 19.9. The van der Waals surface area contributed by atoms with Crippen LogP contribution >= 0.6 is 23.2 Å². The van der Waals surface area contributed by atoms with Gasteiger partial charge in [0.25, 0.3) is 0 Å². The van der Waals surface area contributed by atoms with Crippen molar-refractivity contribution in [3.8, 4) is 11.5 Å². The van der Waals surface area contributed by atoms with Crippen molar-refractivity contribution in [1.29, 1.82) is 0 Å². The second-order valence-corrected chi connectivity index (χ2v) is 10.0. The van der Waals surface area contributed by atoms with Gasteiger partial charge >= 0.3 is 0 Å². The molecule has 0 aliphatic carbocycles. The largest absolute Gasteiger partial charge is 0.490 e. The maximum absolute atomic E-state index is 6.31. The van der Waals surface area contributed by atoms with Crippen LogP contribution in [-0.4, -0.2) is 12.1 Å². The molecule has 0 aliphatic heterocycles. The van der Waals surface area contributed by atoms with Crippen molar-refractivity contribution in [2.24, 2.45) is 5.41 Å². The van der Waals surface area contributed by atoms with Crippen molar-refractivity contribution in [3.63, 3.8) is 0 Å². The molecule has 0 fully saturated rings. The number of halogens is 2. The SMILES string of the molecule is CCOc1cccc(CNC(C)(C)CC(C)(C)C)c1OCc1ccc(Cl)cc1Cl. The minimum atomic E-state index is -0.00335. The summed E-state index contributed by atoms with van der Waals surface area (Å²) in [5, 5.41) is 4.88. The van der Waals surface area contributed by atoms with Crippen LogP contribution in [0.3, 0.4) is 0 Å². The molecule has 2 rings (SSSR count). The summed E-state index contributed by atoms with van der Waals surface area (Å²) in [6, 6.07) is 11.4. The summed E-state index contributed by atoms with van der Waals surface area (Å²) in [6.45, 7) is 14.8. The summed E-state index contributed by atoms with van der Waals surface area (Å²) in [5.74, 6) is 1.49. The first kappa shape index (κ1) is 23.9. The van der Waals surface area contributed by atoms with Crippen LogP contribution in [-0.2, 0) is 13.2 Å². The van der Waals surface area contributed by atoms with Gasteiger partial charge in [-0.2, -0.15) is 0 Å². The number of hydrogen-bond donors (Lipinski definition) is 1. The Bertz CT molecular complexity index is 813. The van der Waals surface area contributed by atoms with E-state index in [1.165, 1.54) is 0 Å². The van der Waals surface area contributed by atoms with Gasteiger partial charge in [-0.1, -0.05) is 62.2 Å². The van der Waals surface area contributed by atoms with Crippen molar-refractivity contribution in [2.45, 2.75) is 66.7 Å². The third-order valence-electron chi connectivity index (χ3n) is 4.48. The lowest BCUT2D eigenvalue weighted by molar-refractivity contribution is 0.236. The van der Waals surface area contributed by atoms with Gasteiger partial charge in [0.1, 0.15) is 6.61 Å². The molecule has 0 heterocycles. The summed E-state index contributed by atoms with van der Waals surface area (Å²) in [7, 11) is 0. The molecule has 5 heteroatoms. The lowest BCUT2D eigenvalue weighted by atomic mass is 9.81. The summed E-state index contributed by atoms with van der Waals surface area (Å²) in [4.78, 5) is 0. The van der Waals surface area contributed by atoms with E-state index in [2.05, 4.69) is 46.0 Å². The summed E-state index contributed by atoms with van der Waals surface area (Å²) in [5.41, 5.74) is 2.18. The number of para-hydroxylation sites is 1. The molecule has 3 nitrogen and oxygen atoms in total. The molecule has 0 aliphatic rings. The van der Waals surface area contributed by atoms with E-state index in [1.807, 2.05) is 31.2 Å². The van der Waals surface area contributed by atoms with Crippen LogP contribution in [0.25, 0.3) is 0 Å².